The molecule has 1 amide bonds. The lowest BCUT2D eigenvalue weighted by molar-refractivity contribution is -0.0106. The van der Waals surface area contributed by atoms with E-state index in [2.05, 4.69) is 15.2 Å². The van der Waals surface area contributed by atoms with Gasteiger partial charge < -0.3 is 19.0 Å². The Labute approximate surface area is 132 Å². The second kappa shape index (κ2) is 5.51. The molecule has 23 heavy (non-hydrogen) atoms. The standard InChI is InChI=1S/C16H16N4O3/c1-10-18-19-15(23-10)14-9-22-7-6-20(14)16(21)12-3-2-11-4-5-17-13(11)8-12/h2-5,8,14,17H,6-7,9H2,1H3. The number of rotatable bonds is 2. The number of H-pyrrole nitrogens is 1. The number of morpholine rings is 1. The number of amides is 1. The van der Waals surface area contributed by atoms with Crippen molar-refractivity contribution in [2.24, 2.45) is 0 Å². The number of nitrogens with zero attached hydrogens (tertiary/aromatic N) is 3. The molecule has 0 radical (unpaired) electrons. The van der Waals surface area contributed by atoms with Gasteiger partial charge in [0.1, 0.15) is 6.04 Å². The van der Waals surface area contributed by atoms with Crippen LogP contribution in [0.15, 0.2) is 34.9 Å². The van der Waals surface area contributed by atoms with Crippen LogP contribution in [0.25, 0.3) is 10.9 Å². The maximum atomic E-state index is 12.9. The number of fused-ring (bicyclic) bond motifs is 1. The molecule has 1 aliphatic heterocycles. The van der Waals surface area contributed by atoms with Gasteiger partial charge in [0.15, 0.2) is 0 Å². The van der Waals surface area contributed by atoms with Crippen LogP contribution in [0.3, 0.4) is 0 Å². The Hall–Kier alpha value is -2.67. The minimum absolute atomic E-state index is 0.0642. The second-order valence-corrected chi connectivity index (χ2v) is 5.53. The third-order valence-corrected chi connectivity index (χ3v) is 4.02. The summed E-state index contributed by atoms with van der Waals surface area (Å²) in [5, 5.41) is 8.96. The van der Waals surface area contributed by atoms with Crippen molar-refractivity contribution in [1.82, 2.24) is 20.1 Å². The van der Waals surface area contributed by atoms with Crippen LogP contribution in [-0.4, -0.2) is 45.7 Å². The third kappa shape index (κ3) is 2.49. The number of aromatic amines is 1. The van der Waals surface area contributed by atoms with Crippen molar-refractivity contribution in [1.29, 1.82) is 0 Å². The topological polar surface area (TPSA) is 84.3 Å². The molecule has 0 spiro atoms. The second-order valence-electron chi connectivity index (χ2n) is 5.53. The quantitative estimate of drug-likeness (QED) is 0.783. The summed E-state index contributed by atoms with van der Waals surface area (Å²) in [6.45, 7) is 3.08. The molecule has 0 aliphatic carbocycles. The van der Waals surface area contributed by atoms with E-state index in [4.69, 9.17) is 9.15 Å². The molecule has 118 valence electrons. The molecule has 2 aromatic heterocycles. The van der Waals surface area contributed by atoms with Crippen LogP contribution >= 0.6 is 0 Å². The van der Waals surface area contributed by atoms with Crippen LogP contribution in [0.5, 0.6) is 0 Å². The molecule has 0 bridgehead atoms. The highest BCUT2D eigenvalue weighted by atomic mass is 16.5. The molecule has 1 unspecified atom stereocenters. The normalized spacial score (nSPS) is 18.5. The average Bonchev–Trinajstić information content (AvgIpc) is 3.22. The SMILES string of the molecule is Cc1nnc(C2COCCN2C(=O)c2ccc3cc[nH]c3c2)o1. The number of aryl methyl sites for hydroxylation is 1. The van der Waals surface area contributed by atoms with E-state index in [1.165, 1.54) is 0 Å². The maximum Gasteiger partial charge on any atom is 0.254 e. The van der Waals surface area contributed by atoms with Crippen molar-refractivity contribution in [3.8, 4) is 0 Å². The first kappa shape index (κ1) is 14.0. The number of aromatic nitrogens is 3. The molecule has 7 nitrogen and oxygen atoms in total. The van der Waals surface area contributed by atoms with Gasteiger partial charge in [-0.1, -0.05) is 6.07 Å². The van der Waals surface area contributed by atoms with Gasteiger partial charge in [0.2, 0.25) is 11.8 Å². The molecule has 1 aromatic carbocycles. The van der Waals surface area contributed by atoms with Crippen LogP contribution in [0.4, 0.5) is 0 Å². The van der Waals surface area contributed by atoms with Crippen molar-refractivity contribution in [3.05, 3.63) is 47.8 Å². The Morgan fingerprint density at radius 2 is 2.26 bits per heavy atom. The average molecular weight is 312 g/mol. The lowest BCUT2D eigenvalue weighted by Gasteiger charge is -2.33. The Morgan fingerprint density at radius 1 is 1.35 bits per heavy atom. The van der Waals surface area contributed by atoms with Crippen molar-refractivity contribution in [2.45, 2.75) is 13.0 Å². The summed E-state index contributed by atoms with van der Waals surface area (Å²) >= 11 is 0. The molecule has 3 aromatic rings. The third-order valence-electron chi connectivity index (χ3n) is 4.02. The first-order valence-corrected chi connectivity index (χ1v) is 7.48. The maximum absolute atomic E-state index is 12.9. The van der Waals surface area contributed by atoms with Gasteiger partial charge in [-0.2, -0.15) is 0 Å². The Bertz CT molecular complexity index is 854. The van der Waals surface area contributed by atoms with Crippen LogP contribution < -0.4 is 0 Å². The zero-order valence-electron chi connectivity index (χ0n) is 12.7. The van der Waals surface area contributed by atoms with Gasteiger partial charge >= 0.3 is 0 Å². The number of hydrogen-bond donors (Lipinski definition) is 1. The molecule has 1 saturated heterocycles. The van der Waals surface area contributed by atoms with E-state index in [9.17, 15) is 4.79 Å². The molecule has 1 atom stereocenters. The number of hydrogen-bond acceptors (Lipinski definition) is 5. The predicted octanol–water partition coefficient (Wildman–Crippen LogP) is 2.07. The molecule has 3 heterocycles. The van der Waals surface area contributed by atoms with Gasteiger partial charge in [0.05, 0.1) is 13.2 Å². The van der Waals surface area contributed by atoms with E-state index in [1.54, 1.807) is 11.8 Å². The van der Waals surface area contributed by atoms with E-state index in [0.29, 0.717) is 37.1 Å². The van der Waals surface area contributed by atoms with Crippen LogP contribution in [0.1, 0.15) is 28.2 Å². The van der Waals surface area contributed by atoms with Crippen molar-refractivity contribution >= 4 is 16.8 Å². The van der Waals surface area contributed by atoms with E-state index in [-0.39, 0.29) is 11.9 Å². The fraction of sp³-hybridized carbons (Fsp3) is 0.312. The molecular formula is C16H16N4O3. The summed E-state index contributed by atoms with van der Waals surface area (Å²) in [5.74, 6) is 0.827. The van der Waals surface area contributed by atoms with E-state index in [1.807, 2.05) is 30.5 Å². The zero-order chi connectivity index (χ0) is 15.8. The summed E-state index contributed by atoms with van der Waals surface area (Å²) in [4.78, 5) is 17.8. The first-order valence-electron chi connectivity index (χ1n) is 7.48. The summed E-state index contributed by atoms with van der Waals surface area (Å²) < 4.78 is 11.0. The molecule has 4 rings (SSSR count). The first-order chi connectivity index (χ1) is 11.2. The molecule has 1 fully saturated rings. The fourth-order valence-corrected chi connectivity index (χ4v) is 2.84. The van der Waals surface area contributed by atoms with Gasteiger partial charge in [-0.15, -0.1) is 10.2 Å². The molecule has 1 aliphatic rings. The van der Waals surface area contributed by atoms with Gasteiger partial charge in [-0.05, 0) is 23.6 Å². The predicted molar refractivity (Wildman–Crippen MR) is 81.9 cm³/mol. The zero-order valence-corrected chi connectivity index (χ0v) is 12.7. The molecule has 0 saturated carbocycles. The Morgan fingerprint density at radius 3 is 3.09 bits per heavy atom. The largest absolute Gasteiger partial charge is 0.423 e. The van der Waals surface area contributed by atoms with Gasteiger partial charge in [0, 0.05) is 30.7 Å². The lowest BCUT2D eigenvalue weighted by Crippen LogP contribution is -2.43. The number of carbonyl (C=O) groups is 1. The Kier molecular flexibility index (Phi) is 3.34. The Balaban J connectivity index is 1.66. The molecule has 7 heteroatoms. The number of carbonyl (C=O) groups excluding carboxylic acids is 1. The van der Waals surface area contributed by atoms with Gasteiger partial charge in [-0.3, -0.25) is 4.79 Å². The highest BCUT2D eigenvalue weighted by molar-refractivity contribution is 5.98. The van der Waals surface area contributed by atoms with Crippen molar-refractivity contribution < 1.29 is 13.9 Å². The summed E-state index contributed by atoms with van der Waals surface area (Å²) in [5.41, 5.74) is 1.57. The number of benzene rings is 1. The number of ether oxygens (including phenoxy) is 1. The number of nitrogens with one attached hydrogen (secondary N) is 1. The summed E-state index contributed by atoms with van der Waals surface area (Å²) in [6, 6.07) is 7.26. The lowest BCUT2D eigenvalue weighted by atomic mass is 10.1. The molecular weight excluding hydrogens is 296 g/mol. The van der Waals surface area contributed by atoms with Crippen LogP contribution in [0, 0.1) is 6.92 Å². The van der Waals surface area contributed by atoms with Crippen LogP contribution in [-0.2, 0) is 4.74 Å². The highest BCUT2D eigenvalue weighted by Gasteiger charge is 2.33. The molecule has 1 N–H and O–H groups in total. The van der Waals surface area contributed by atoms with Crippen LogP contribution in [0.2, 0.25) is 0 Å². The van der Waals surface area contributed by atoms with Gasteiger partial charge in [-0.25, -0.2) is 0 Å². The summed E-state index contributed by atoms with van der Waals surface area (Å²) in [6.07, 6.45) is 1.86. The van der Waals surface area contributed by atoms with E-state index >= 15 is 0 Å². The van der Waals surface area contributed by atoms with Crippen molar-refractivity contribution in [3.63, 3.8) is 0 Å². The smallest absolute Gasteiger partial charge is 0.254 e. The highest BCUT2D eigenvalue weighted by Crippen LogP contribution is 2.26. The van der Waals surface area contributed by atoms with Gasteiger partial charge in [0.25, 0.3) is 5.91 Å². The van der Waals surface area contributed by atoms with E-state index in [0.717, 1.165) is 10.9 Å². The monoisotopic (exact) mass is 312 g/mol. The summed E-state index contributed by atoms with van der Waals surface area (Å²) in [7, 11) is 0. The minimum atomic E-state index is -0.350. The van der Waals surface area contributed by atoms with E-state index < -0.39 is 0 Å². The van der Waals surface area contributed by atoms with Crippen molar-refractivity contribution in [2.75, 3.05) is 19.8 Å². The fourth-order valence-electron chi connectivity index (χ4n) is 2.84. The minimum Gasteiger partial charge on any atom is -0.423 e.